The van der Waals surface area contributed by atoms with Gasteiger partial charge in [0.2, 0.25) is 6.79 Å². The molecule has 5 rings (SSSR count). The van der Waals surface area contributed by atoms with E-state index in [1.807, 2.05) is 6.07 Å². The van der Waals surface area contributed by atoms with Crippen LogP contribution in [0.15, 0.2) is 72.8 Å². The molecule has 0 aromatic heterocycles. The molecule has 4 nitrogen and oxygen atoms in total. The molecule has 0 saturated carbocycles. The molecule has 5 heteroatoms. The van der Waals surface area contributed by atoms with E-state index in [1.165, 1.54) is 11.1 Å². The number of rotatable bonds is 5. The Kier molecular flexibility index (Phi) is 5.15. The van der Waals surface area contributed by atoms with Crippen molar-refractivity contribution in [3.05, 3.63) is 94.5 Å². The largest absolute Gasteiger partial charge is 0.454 e. The Morgan fingerprint density at radius 3 is 1.83 bits per heavy atom. The van der Waals surface area contributed by atoms with E-state index in [-0.39, 0.29) is 13.0 Å². The van der Waals surface area contributed by atoms with Crippen LogP contribution in [0.3, 0.4) is 0 Å². The highest BCUT2D eigenvalue weighted by Crippen LogP contribution is 2.43. The van der Waals surface area contributed by atoms with Gasteiger partial charge in [-0.1, -0.05) is 72.3 Å². The second-order valence-electron chi connectivity index (χ2n) is 7.51. The van der Waals surface area contributed by atoms with Gasteiger partial charge in [0, 0.05) is 37.8 Å². The van der Waals surface area contributed by atoms with E-state index < -0.39 is 0 Å². The standard InChI is InChI=1S/C24H23ClN2O2/c25-21-14-23-22(28-17-29-23)13-20(21)24-26(15-18-7-3-1-4-8-18)11-12-27(24)16-19-9-5-2-6-10-19/h1-10,13-14,24H,11-12,15-17H2. The Balaban J connectivity index is 1.49. The minimum Gasteiger partial charge on any atom is -0.454 e. The van der Waals surface area contributed by atoms with Gasteiger partial charge in [0.05, 0.1) is 11.2 Å². The number of halogens is 1. The molecule has 3 aromatic rings. The van der Waals surface area contributed by atoms with Crippen molar-refractivity contribution < 1.29 is 9.47 Å². The maximum atomic E-state index is 6.74. The summed E-state index contributed by atoms with van der Waals surface area (Å²) in [6.45, 7) is 3.97. The fraction of sp³-hybridized carbons (Fsp3) is 0.250. The van der Waals surface area contributed by atoms with Gasteiger partial charge in [0.25, 0.3) is 0 Å². The van der Waals surface area contributed by atoms with Crippen LogP contribution in [0.4, 0.5) is 0 Å². The zero-order valence-corrected chi connectivity index (χ0v) is 16.9. The number of ether oxygens (including phenoxy) is 2. The maximum Gasteiger partial charge on any atom is 0.231 e. The van der Waals surface area contributed by atoms with Crippen LogP contribution in [-0.2, 0) is 13.1 Å². The number of fused-ring (bicyclic) bond motifs is 1. The second-order valence-corrected chi connectivity index (χ2v) is 7.92. The van der Waals surface area contributed by atoms with Crippen LogP contribution in [0.5, 0.6) is 11.5 Å². The molecular weight excluding hydrogens is 384 g/mol. The Bertz CT molecular complexity index is 931. The van der Waals surface area contributed by atoms with Crippen molar-refractivity contribution in [1.29, 1.82) is 0 Å². The van der Waals surface area contributed by atoms with Crippen LogP contribution in [0.1, 0.15) is 22.9 Å². The number of benzene rings is 3. The molecule has 2 aliphatic rings. The first-order valence-corrected chi connectivity index (χ1v) is 10.3. The van der Waals surface area contributed by atoms with Gasteiger partial charge < -0.3 is 9.47 Å². The third kappa shape index (κ3) is 3.84. The summed E-state index contributed by atoms with van der Waals surface area (Å²) in [6, 6.07) is 25.1. The number of hydrogen-bond donors (Lipinski definition) is 0. The summed E-state index contributed by atoms with van der Waals surface area (Å²) in [6.07, 6.45) is 0.0809. The molecule has 1 fully saturated rings. The van der Waals surface area contributed by atoms with Crippen LogP contribution < -0.4 is 9.47 Å². The molecule has 29 heavy (non-hydrogen) atoms. The summed E-state index contributed by atoms with van der Waals surface area (Å²) >= 11 is 6.74. The number of hydrogen-bond acceptors (Lipinski definition) is 4. The molecule has 2 heterocycles. The molecule has 0 spiro atoms. The Morgan fingerprint density at radius 2 is 1.28 bits per heavy atom. The topological polar surface area (TPSA) is 24.9 Å². The fourth-order valence-corrected chi connectivity index (χ4v) is 4.47. The molecule has 2 aliphatic heterocycles. The van der Waals surface area contributed by atoms with Crippen LogP contribution in [0.25, 0.3) is 0 Å². The van der Waals surface area contributed by atoms with Gasteiger partial charge >= 0.3 is 0 Å². The van der Waals surface area contributed by atoms with Crippen molar-refractivity contribution in [2.24, 2.45) is 0 Å². The van der Waals surface area contributed by atoms with E-state index in [4.69, 9.17) is 21.1 Å². The minimum absolute atomic E-state index is 0.0809. The quantitative estimate of drug-likeness (QED) is 0.589. The zero-order valence-electron chi connectivity index (χ0n) is 16.1. The fourth-order valence-electron chi connectivity index (χ4n) is 4.22. The highest BCUT2D eigenvalue weighted by atomic mass is 35.5. The Hall–Kier alpha value is -2.53. The van der Waals surface area contributed by atoms with Crippen molar-refractivity contribution in [3.63, 3.8) is 0 Å². The van der Waals surface area contributed by atoms with Gasteiger partial charge in [-0.05, 0) is 17.2 Å². The average molecular weight is 407 g/mol. The SMILES string of the molecule is Clc1cc2c(cc1C1N(Cc3ccccc3)CCN1Cc1ccccc1)OCO2. The lowest BCUT2D eigenvalue weighted by atomic mass is 10.1. The molecular formula is C24H23ClN2O2. The predicted molar refractivity (Wildman–Crippen MR) is 114 cm³/mol. The molecule has 0 radical (unpaired) electrons. The Labute approximate surface area is 176 Å². The summed E-state index contributed by atoms with van der Waals surface area (Å²) in [5, 5.41) is 0.720. The normalized spacial score (nSPS) is 17.1. The van der Waals surface area contributed by atoms with Gasteiger partial charge in [-0.2, -0.15) is 0 Å². The smallest absolute Gasteiger partial charge is 0.231 e. The highest BCUT2D eigenvalue weighted by Gasteiger charge is 2.35. The molecule has 0 bridgehead atoms. The zero-order chi connectivity index (χ0) is 19.6. The summed E-state index contributed by atoms with van der Waals surface area (Å²) in [5.74, 6) is 1.50. The van der Waals surface area contributed by atoms with Crippen molar-refractivity contribution in [3.8, 4) is 11.5 Å². The summed E-state index contributed by atoms with van der Waals surface area (Å²) in [4.78, 5) is 4.98. The molecule has 148 valence electrons. The average Bonchev–Trinajstić information content (AvgIpc) is 3.35. The van der Waals surface area contributed by atoms with Crippen LogP contribution in [-0.4, -0.2) is 29.7 Å². The van der Waals surface area contributed by atoms with Gasteiger partial charge in [-0.15, -0.1) is 0 Å². The molecule has 1 saturated heterocycles. The van der Waals surface area contributed by atoms with Crippen LogP contribution in [0, 0.1) is 0 Å². The van der Waals surface area contributed by atoms with Gasteiger partial charge in [-0.25, -0.2) is 0 Å². The first-order chi connectivity index (χ1) is 14.3. The first-order valence-electron chi connectivity index (χ1n) is 9.93. The van der Waals surface area contributed by atoms with Gasteiger partial charge in [-0.3, -0.25) is 9.80 Å². The van der Waals surface area contributed by atoms with E-state index >= 15 is 0 Å². The lowest BCUT2D eigenvalue weighted by molar-refractivity contribution is 0.125. The number of nitrogens with zero attached hydrogens (tertiary/aromatic N) is 2. The summed E-state index contributed by atoms with van der Waals surface area (Å²) in [7, 11) is 0. The van der Waals surface area contributed by atoms with E-state index in [0.717, 1.165) is 48.3 Å². The van der Waals surface area contributed by atoms with Crippen molar-refractivity contribution in [2.75, 3.05) is 19.9 Å². The van der Waals surface area contributed by atoms with Crippen molar-refractivity contribution in [2.45, 2.75) is 19.3 Å². The molecule has 0 amide bonds. The Morgan fingerprint density at radius 1 is 0.759 bits per heavy atom. The lowest BCUT2D eigenvalue weighted by Gasteiger charge is -2.31. The molecule has 0 unspecified atom stereocenters. The van der Waals surface area contributed by atoms with Crippen LogP contribution in [0.2, 0.25) is 5.02 Å². The summed E-state index contributed by atoms with van der Waals surface area (Å²) < 4.78 is 11.2. The first kappa shape index (κ1) is 18.5. The highest BCUT2D eigenvalue weighted by molar-refractivity contribution is 6.31. The van der Waals surface area contributed by atoms with Gasteiger partial charge in [0.15, 0.2) is 11.5 Å². The molecule has 0 atom stereocenters. The lowest BCUT2D eigenvalue weighted by Crippen LogP contribution is -2.30. The maximum absolute atomic E-state index is 6.74. The second kappa shape index (κ2) is 8.07. The molecule has 3 aromatic carbocycles. The molecule has 0 aliphatic carbocycles. The minimum atomic E-state index is 0.0809. The third-order valence-corrected chi connectivity index (χ3v) is 5.92. The van der Waals surface area contributed by atoms with Crippen molar-refractivity contribution in [1.82, 2.24) is 9.80 Å². The van der Waals surface area contributed by atoms with Gasteiger partial charge in [0.1, 0.15) is 0 Å². The van der Waals surface area contributed by atoms with E-state index in [0.29, 0.717) is 0 Å². The van der Waals surface area contributed by atoms with Crippen molar-refractivity contribution >= 4 is 11.6 Å². The van der Waals surface area contributed by atoms with E-state index in [1.54, 1.807) is 0 Å². The van der Waals surface area contributed by atoms with E-state index in [9.17, 15) is 0 Å². The molecule has 0 N–H and O–H groups in total. The monoisotopic (exact) mass is 406 g/mol. The predicted octanol–water partition coefficient (Wildman–Crippen LogP) is 5.09. The third-order valence-electron chi connectivity index (χ3n) is 5.59. The van der Waals surface area contributed by atoms with E-state index in [2.05, 4.69) is 76.5 Å². The van der Waals surface area contributed by atoms with Crippen LogP contribution >= 0.6 is 11.6 Å². The summed E-state index contributed by atoms with van der Waals surface area (Å²) in [5.41, 5.74) is 3.67.